The van der Waals surface area contributed by atoms with Crippen LogP contribution in [0.3, 0.4) is 0 Å². The minimum atomic E-state index is -0.559. The van der Waals surface area contributed by atoms with Crippen LogP contribution in [0.15, 0.2) is 48.5 Å². The first-order valence-corrected chi connectivity index (χ1v) is 8.47. The number of anilines is 3. The fourth-order valence-corrected chi connectivity index (χ4v) is 2.55. The van der Waals surface area contributed by atoms with E-state index in [0.29, 0.717) is 11.5 Å². The van der Waals surface area contributed by atoms with Gasteiger partial charge < -0.3 is 10.1 Å². The maximum absolute atomic E-state index is 11.9. The molecule has 7 heteroatoms. The molecule has 1 heterocycles. The number of nitrogens with one attached hydrogen (secondary N) is 2. The number of hydrogen-bond donors (Lipinski definition) is 2. The minimum absolute atomic E-state index is 0.161. The number of ether oxygens (including phenoxy) is 1. The largest absolute Gasteiger partial charge is 0.444 e. The molecule has 0 aliphatic rings. The van der Waals surface area contributed by atoms with Gasteiger partial charge in [-0.3, -0.25) is 5.32 Å². The number of para-hydroxylation sites is 1. The highest BCUT2D eigenvalue weighted by Crippen LogP contribution is 2.26. The number of carbonyl (C=O) groups excluding carboxylic acids is 1. The highest BCUT2D eigenvalue weighted by Gasteiger charge is 2.16. The average molecular weight is 371 g/mol. The number of benzene rings is 2. The molecule has 0 aliphatic heterocycles. The summed E-state index contributed by atoms with van der Waals surface area (Å²) in [7, 11) is 0. The molecule has 0 radical (unpaired) electrons. The fraction of sp³-hybridized carbons (Fsp3) is 0.211. The van der Waals surface area contributed by atoms with Crippen LogP contribution < -0.4 is 10.6 Å². The van der Waals surface area contributed by atoms with Crippen molar-refractivity contribution < 1.29 is 9.53 Å². The van der Waals surface area contributed by atoms with Gasteiger partial charge in [0.25, 0.3) is 0 Å². The zero-order chi connectivity index (χ0) is 18.7. The minimum Gasteiger partial charge on any atom is -0.444 e. The van der Waals surface area contributed by atoms with Gasteiger partial charge in [0, 0.05) is 16.8 Å². The van der Waals surface area contributed by atoms with E-state index in [-0.39, 0.29) is 5.28 Å². The van der Waals surface area contributed by atoms with Gasteiger partial charge >= 0.3 is 6.09 Å². The van der Waals surface area contributed by atoms with E-state index >= 15 is 0 Å². The third kappa shape index (κ3) is 4.61. The molecule has 0 saturated carbocycles. The third-order valence-electron chi connectivity index (χ3n) is 3.35. The molecule has 26 heavy (non-hydrogen) atoms. The molecular weight excluding hydrogens is 352 g/mol. The van der Waals surface area contributed by atoms with Gasteiger partial charge in [-0.25, -0.2) is 9.78 Å². The molecule has 0 bridgehead atoms. The summed E-state index contributed by atoms with van der Waals surface area (Å²) in [6, 6.07) is 14.8. The molecule has 3 aromatic rings. The summed E-state index contributed by atoms with van der Waals surface area (Å²) in [4.78, 5) is 20.4. The Kier molecular flexibility index (Phi) is 4.95. The van der Waals surface area contributed by atoms with Crippen molar-refractivity contribution in [2.24, 2.45) is 0 Å². The molecule has 0 unspecified atom stereocenters. The van der Waals surface area contributed by atoms with E-state index in [9.17, 15) is 4.79 Å². The molecule has 1 aromatic heterocycles. The zero-order valence-corrected chi connectivity index (χ0v) is 15.5. The van der Waals surface area contributed by atoms with Crippen molar-refractivity contribution in [2.75, 3.05) is 10.6 Å². The number of carbonyl (C=O) groups is 1. The molecule has 2 N–H and O–H groups in total. The standard InChI is InChI=1S/C19H19ClN4O2/c1-19(2,3)26-18(25)22-13-8-6-7-12(11-13)21-16-14-9-4-5-10-15(14)23-17(20)24-16/h4-11H,1-3H3,(H,22,25)(H,21,23,24). The van der Waals surface area contributed by atoms with E-state index < -0.39 is 11.7 Å². The summed E-state index contributed by atoms with van der Waals surface area (Å²) < 4.78 is 5.26. The van der Waals surface area contributed by atoms with Crippen LogP contribution in [0.2, 0.25) is 5.28 Å². The monoisotopic (exact) mass is 370 g/mol. The van der Waals surface area contributed by atoms with Gasteiger partial charge in [0.15, 0.2) is 0 Å². The number of amides is 1. The van der Waals surface area contributed by atoms with Crippen molar-refractivity contribution in [3.63, 3.8) is 0 Å². The van der Waals surface area contributed by atoms with Crippen LogP contribution in [0.25, 0.3) is 10.9 Å². The molecule has 0 saturated heterocycles. The van der Waals surface area contributed by atoms with Crippen LogP contribution in [0.5, 0.6) is 0 Å². The number of rotatable bonds is 3. The summed E-state index contributed by atoms with van der Waals surface area (Å²) in [5, 5.41) is 6.95. The van der Waals surface area contributed by atoms with Crippen LogP contribution in [-0.4, -0.2) is 21.7 Å². The molecule has 0 fully saturated rings. The van der Waals surface area contributed by atoms with E-state index in [1.54, 1.807) is 12.1 Å². The Hall–Kier alpha value is -2.86. The van der Waals surface area contributed by atoms with Gasteiger partial charge in [0.2, 0.25) is 5.28 Å². The summed E-state index contributed by atoms with van der Waals surface area (Å²) in [6.07, 6.45) is -0.509. The number of hydrogen-bond acceptors (Lipinski definition) is 5. The predicted octanol–water partition coefficient (Wildman–Crippen LogP) is 5.37. The highest BCUT2D eigenvalue weighted by molar-refractivity contribution is 6.28. The number of nitrogens with zero attached hydrogens (tertiary/aromatic N) is 2. The van der Waals surface area contributed by atoms with Crippen molar-refractivity contribution >= 4 is 45.8 Å². The third-order valence-corrected chi connectivity index (χ3v) is 3.52. The summed E-state index contributed by atoms with van der Waals surface area (Å²) in [5.74, 6) is 0.593. The second kappa shape index (κ2) is 7.17. The summed E-state index contributed by atoms with van der Waals surface area (Å²) >= 11 is 6.02. The molecule has 3 rings (SSSR count). The predicted molar refractivity (Wildman–Crippen MR) is 104 cm³/mol. The van der Waals surface area contributed by atoms with Crippen molar-refractivity contribution in [3.8, 4) is 0 Å². The van der Waals surface area contributed by atoms with Crippen molar-refractivity contribution in [3.05, 3.63) is 53.8 Å². The van der Waals surface area contributed by atoms with E-state index in [1.807, 2.05) is 57.2 Å². The lowest BCUT2D eigenvalue weighted by Gasteiger charge is -2.19. The molecule has 0 aliphatic carbocycles. The first-order valence-electron chi connectivity index (χ1n) is 8.09. The molecule has 0 spiro atoms. The highest BCUT2D eigenvalue weighted by atomic mass is 35.5. The smallest absolute Gasteiger partial charge is 0.412 e. The zero-order valence-electron chi connectivity index (χ0n) is 14.7. The maximum Gasteiger partial charge on any atom is 0.412 e. The number of fused-ring (bicyclic) bond motifs is 1. The van der Waals surface area contributed by atoms with Crippen molar-refractivity contribution in [1.82, 2.24) is 9.97 Å². The Labute approximate surface area is 156 Å². The van der Waals surface area contributed by atoms with Crippen LogP contribution in [-0.2, 0) is 4.74 Å². The summed E-state index contributed by atoms with van der Waals surface area (Å²) in [6.45, 7) is 5.44. The molecular formula is C19H19ClN4O2. The van der Waals surface area contributed by atoms with Gasteiger partial charge in [-0.1, -0.05) is 18.2 Å². The molecule has 6 nitrogen and oxygen atoms in total. The summed E-state index contributed by atoms with van der Waals surface area (Å²) in [5.41, 5.74) is 1.54. The lowest BCUT2D eigenvalue weighted by Crippen LogP contribution is -2.27. The van der Waals surface area contributed by atoms with Gasteiger partial charge in [-0.05, 0) is 62.7 Å². The molecule has 0 atom stereocenters. The van der Waals surface area contributed by atoms with E-state index in [4.69, 9.17) is 16.3 Å². The van der Waals surface area contributed by atoms with Gasteiger partial charge in [0.1, 0.15) is 11.4 Å². The number of aromatic nitrogens is 2. The average Bonchev–Trinajstić information content (AvgIpc) is 2.53. The maximum atomic E-state index is 11.9. The van der Waals surface area contributed by atoms with Gasteiger partial charge in [-0.15, -0.1) is 0 Å². The van der Waals surface area contributed by atoms with Crippen LogP contribution >= 0.6 is 11.6 Å². The topological polar surface area (TPSA) is 76.1 Å². The molecule has 2 aromatic carbocycles. The second-order valence-electron chi connectivity index (χ2n) is 6.69. The number of halogens is 1. The normalized spacial score (nSPS) is 11.2. The lowest BCUT2D eigenvalue weighted by atomic mass is 10.2. The van der Waals surface area contributed by atoms with Gasteiger partial charge in [-0.2, -0.15) is 4.98 Å². The van der Waals surface area contributed by atoms with E-state index in [0.717, 1.165) is 16.6 Å². The van der Waals surface area contributed by atoms with E-state index in [2.05, 4.69) is 20.6 Å². The van der Waals surface area contributed by atoms with Crippen molar-refractivity contribution in [2.45, 2.75) is 26.4 Å². The molecule has 134 valence electrons. The van der Waals surface area contributed by atoms with E-state index in [1.165, 1.54) is 0 Å². The second-order valence-corrected chi connectivity index (χ2v) is 7.03. The quantitative estimate of drug-likeness (QED) is 0.606. The van der Waals surface area contributed by atoms with Crippen LogP contribution in [0.4, 0.5) is 22.0 Å². The Morgan fingerprint density at radius 1 is 1.04 bits per heavy atom. The van der Waals surface area contributed by atoms with Crippen LogP contribution in [0.1, 0.15) is 20.8 Å². The Bertz CT molecular complexity index is 954. The Morgan fingerprint density at radius 3 is 2.54 bits per heavy atom. The van der Waals surface area contributed by atoms with Crippen molar-refractivity contribution in [1.29, 1.82) is 0 Å². The van der Waals surface area contributed by atoms with Gasteiger partial charge in [0.05, 0.1) is 5.52 Å². The molecule has 1 amide bonds. The first kappa shape index (κ1) is 17.9. The first-order chi connectivity index (χ1) is 12.3. The Morgan fingerprint density at radius 2 is 1.77 bits per heavy atom. The van der Waals surface area contributed by atoms with Crippen LogP contribution in [0, 0.1) is 0 Å². The Balaban J connectivity index is 1.83. The lowest BCUT2D eigenvalue weighted by molar-refractivity contribution is 0.0636. The fourth-order valence-electron chi connectivity index (χ4n) is 2.38. The SMILES string of the molecule is CC(C)(C)OC(=O)Nc1cccc(Nc2nc(Cl)nc3ccccc23)c1.